The van der Waals surface area contributed by atoms with Crippen molar-refractivity contribution < 1.29 is 28.2 Å². The van der Waals surface area contributed by atoms with E-state index in [2.05, 4.69) is 0 Å². The first-order valence-electron chi connectivity index (χ1n) is 8.30. The van der Waals surface area contributed by atoms with Gasteiger partial charge in [0.25, 0.3) is 0 Å². The predicted molar refractivity (Wildman–Crippen MR) is 99.5 cm³/mol. The lowest BCUT2D eigenvalue weighted by atomic mass is 10.1. The molecule has 5 nitrogen and oxygen atoms in total. The number of ether oxygens (including phenoxy) is 3. The zero-order chi connectivity index (χ0) is 19.2. The van der Waals surface area contributed by atoms with E-state index >= 15 is 0 Å². The van der Waals surface area contributed by atoms with Crippen LogP contribution in [-0.4, -0.2) is 25.2 Å². The van der Waals surface area contributed by atoms with Crippen molar-refractivity contribution in [3.63, 3.8) is 0 Å². The van der Waals surface area contributed by atoms with Crippen LogP contribution in [-0.2, 0) is 20.9 Å². The number of fused-ring (bicyclic) bond motifs is 1. The lowest BCUT2D eigenvalue weighted by Gasteiger charge is -2.08. The molecule has 2 aromatic carbocycles. The molecule has 140 valence electrons. The number of esters is 2. The molecule has 0 unspecified atom stereocenters. The highest BCUT2D eigenvalue weighted by Crippen LogP contribution is 2.34. The Bertz CT molecular complexity index is 952. The lowest BCUT2D eigenvalue weighted by molar-refractivity contribution is -0.147. The number of carbonyl (C=O) groups excluding carboxylic acids is 2. The first kappa shape index (κ1) is 18.8. The van der Waals surface area contributed by atoms with Crippen molar-refractivity contribution in [3.05, 3.63) is 64.8 Å². The minimum atomic E-state index is -0.621. The monoisotopic (exact) mass is 388 g/mol. The molecule has 0 amide bonds. The zero-order valence-electron chi connectivity index (χ0n) is 14.6. The van der Waals surface area contributed by atoms with Gasteiger partial charge in [0.1, 0.15) is 23.1 Å². The Morgan fingerprint density at radius 3 is 2.56 bits per heavy atom. The number of benzene rings is 2. The van der Waals surface area contributed by atoms with Gasteiger partial charge in [-0.15, -0.1) is 11.3 Å². The van der Waals surface area contributed by atoms with Crippen LogP contribution in [0.4, 0.5) is 4.39 Å². The van der Waals surface area contributed by atoms with Crippen LogP contribution in [0.3, 0.4) is 0 Å². The summed E-state index contributed by atoms with van der Waals surface area (Å²) in [4.78, 5) is 24.4. The lowest BCUT2D eigenvalue weighted by Crippen LogP contribution is -2.15. The Balaban J connectivity index is 1.75. The van der Waals surface area contributed by atoms with Gasteiger partial charge < -0.3 is 14.2 Å². The summed E-state index contributed by atoms with van der Waals surface area (Å²) in [5.74, 6) is -1.13. The molecule has 0 aliphatic carbocycles. The van der Waals surface area contributed by atoms with Crippen LogP contribution < -0.4 is 4.74 Å². The average Bonchev–Trinajstić information content (AvgIpc) is 3.06. The fourth-order valence-corrected chi connectivity index (χ4v) is 3.64. The second-order valence-electron chi connectivity index (χ2n) is 5.51. The molecular formula is C20H17FO5S. The maximum atomic E-state index is 14.3. The number of halogens is 1. The first-order valence-corrected chi connectivity index (χ1v) is 9.12. The Labute approximate surface area is 159 Å². The molecule has 27 heavy (non-hydrogen) atoms. The smallest absolute Gasteiger partial charge is 0.348 e. The maximum Gasteiger partial charge on any atom is 0.348 e. The molecule has 7 heteroatoms. The van der Waals surface area contributed by atoms with Crippen molar-refractivity contribution in [1.29, 1.82) is 0 Å². The zero-order valence-corrected chi connectivity index (χ0v) is 15.4. The van der Waals surface area contributed by atoms with E-state index in [0.717, 1.165) is 11.3 Å². The molecule has 0 bridgehead atoms. The second kappa shape index (κ2) is 8.64. The molecule has 0 spiro atoms. The molecule has 0 atom stereocenters. The van der Waals surface area contributed by atoms with Gasteiger partial charge in [0.05, 0.1) is 6.61 Å². The normalized spacial score (nSPS) is 10.6. The number of rotatable bonds is 7. The first-order chi connectivity index (χ1) is 13.1. The van der Waals surface area contributed by atoms with Crippen molar-refractivity contribution in [2.45, 2.75) is 13.5 Å². The summed E-state index contributed by atoms with van der Waals surface area (Å²) >= 11 is 1.11. The van der Waals surface area contributed by atoms with Crippen molar-refractivity contribution in [2.75, 3.05) is 13.2 Å². The summed E-state index contributed by atoms with van der Waals surface area (Å²) in [5, 5.41) is 0.266. The van der Waals surface area contributed by atoms with Crippen LogP contribution in [0, 0.1) is 5.82 Å². The van der Waals surface area contributed by atoms with E-state index in [9.17, 15) is 14.0 Å². The number of hydrogen-bond donors (Lipinski definition) is 0. The minimum Gasteiger partial charge on any atom is -0.482 e. The van der Waals surface area contributed by atoms with Crippen LogP contribution in [0.2, 0.25) is 0 Å². The summed E-state index contributed by atoms with van der Waals surface area (Å²) in [5.41, 5.74) is 0.305. The number of carbonyl (C=O) groups is 2. The van der Waals surface area contributed by atoms with Gasteiger partial charge >= 0.3 is 11.9 Å². The molecule has 0 radical (unpaired) electrons. The van der Waals surface area contributed by atoms with E-state index in [-0.39, 0.29) is 30.1 Å². The van der Waals surface area contributed by atoms with Crippen LogP contribution in [0.1, 0.15) is 22.2 Å². The third-order valence-electron chi connectivity index (χ3n) is 3.70. The second-order valence-corrected chi connectivity index (χ2v) is 6.56. The maximum absolute atomic E-state index is 14.3. The topological polar surface area (TPSA) is 61.8 Å². The van der Waals surface area contributed by atoms with Crippen molar-refractivity contribution in [1.82, 2.24) is 0 Å². The van der Waals surface area contributed by atoms with Gasteiger partial charge in [0, 0.05) is 15.6 Å². The number of para-hydroxylation sites is 1. The van der Waals surface area contributed by atoms with E-state index in [1.807, 2.05) is 6.07 Å². The van der Waals surface area contributed by atoms with E-state index in [1.165, 1.54) is 6.07 Å². The van der Waals surface area contributed by atoms with E-state index in [4.69, 9.17) is 14.2 Å². The summed E-state index contributed by atoms with van der Waals surface area (Å²) in [6.45, 7) is 1.35. The number of hydrogen-bond acceptors (Lipinski definition) is 6. The van der Waals surface area contributed by atoms with Crippen LogP contribution in [0.5, 0.6) is 5.75 Å². The van der Waals surface area contributed by atoms with Crippen LogP contribution in [0.25, 0.3) is 10.1 Å². The summed E-state index contributed by atoms with van der Waals surface area (Å²) in [7, 11) is 0. The Hall–Kier alpha value is -2.93. The van der Waals surface area contributed by atoms with Gasteiger partial charge in [-0.3, -0.25) is 0 Å². The molecule has 0 saturated heterocycles. The molecule has 1 heterocycles. The van der Waals surface area contributed by atoms with Gasteiger partial charge in [-0.2, -0.15) is 0 Å². The Morgan fingerprint density at radius 1 is 1.04 bits per heavy atom. The van der Waals surface area contributed by atoms with Gasteiger partial charge in [-0.05, 0) is 31.2 Å². The summed E-state index contributed by atoms with van der Waals surface area (Å²) < 4.78 is 30.5. The molecule has 3 rings (SSSR count). The molecule has 0 aliphatic rings. The van der Waals surface area contributed by atoms with Gasteiger partial charge in [0.2, 0.25) is 0 Å². The van der Waals surface area contributed by atoms with Crippen LogP contribution >= 0.6 is 11.3 Å². The largest absolute Gasteiger partial charge is 0.482 e. The predicted octanol–water partition coefficient (Wildman–Crippen LogP) is 4.34. The average molecular weight is 388 g/mol. The van der Waals surface area contributed by atoms with Crippen molar-refractivity contribution in [3.8, 4) is 5.75 Å². The number of thiophene rings is 1. The van der Waals surface area contributed by atoms with Gasteiger partial charge in [-0.25, -0.2) is 14.0 Å². The van der Waals surface area contributed by atoms with Crippen LogP contribution in [0.15, 0.2) is 48.5 Å². The van der Waals surface area contributed by atoms with Crippen molar-refractivity contribution in [2.24, 2.45) is 0 Å². The molecular weight excluding hydrogens is 371 g/mol. The standard InChI is InChI=1S/C20H17FO5S/c1-2-24-20(23)19-14(18-15(21)9-6-10-16(18)27-19)11-26-17(22)12-25-13-7-4-3-5-8-13/h3-10H,2,11-12H2,1H3. The molecule has 0 saturated carbocycles. The highest BCUT2D eigenvalue weighted by atomic mass is 32.1. The molecule has 1 aromatic heterocycles. The highest BCUT2D eigenvalue weighted by molar-refractivity contribution is 7.21. The molecule has 3 aromatic rings. The SMILES string of the molecule is CCOC(=O)c1sc2cccc(F)c2c1COC(=O)COc1ccccc1. The van der Waals surface area contributed by atoms with Gasteiger partial charge in [-0.1, -0.05) is 24.3 Å². The molecule has 0 fully saturated rings. The quantitative estimate of drug-likeness (QED) is 0.564. The van der Waals surface area contributed by atoms with Crippen molar-refractivity contribution >= 4 is 33.4 Å². The fraction of sp³-hybridized carbons (Fsp3) is 0.200. The summed E-state index contributed by atoms with van der Waals surface area (Å²) in [6.07, 6.45) is 0. The highest BCUT2D eigenvalue weighted by Gasteiger charge is 2.22. The van der Waals surface area contributed by atoms with Gasteiger partial charge in [0.15, 0.2) is 6.61 Å². The third-order valence-corrected chi connectivity index (χ3v) is 4.88. The van der Waals surface area contributed by atoms with E-state index in [1.54, 1.807) is 43.3 Å². The van der Waals surface area contributed by atoms with E-state index < -0.39 is 17.8 Å². The van der Waals surface area contributed by atoms with E-state index in [0.29, 0.717) is 16.0 Å². The molecule has 0 N–H and O–H groups in total. The Kier molecular flexibility index (Phi) is 6.03. The Morgan fingerprint density at radius 2 is 1.81 bits per heavy atom. The molecule has 0 aliphatic heterocycles. The third kappa shape index (κ3) is 4.43. The fourth-order valence-electron chi connectivity index (χ4n) is 2.52. The summed E-state index contributed by atoms with van der Waals surface area (Å²) in [6, 6.07) is 13.4. The minimum absolute atomic E-state index is 0.194.